The number of aromatic nitrogens is 4. The van der Waals surface area contributed by atoms with Gasteiger partial charge in [0.2, 0.25) is 0 Å². The average molecular weight is 477 g/mol. The number of rotatable bonds is 7. The van der Waals surface area contributed by atoms with Gasteiger partial charge in [-0.15, -0.1) is 0 Å². The van der Waals surface area contributed by atoms with Crippen molar-refractivity contribution >= 4 is 46.5 Å². The van der Waals surface area contributed by atoms with Gasteiger partial charge in [-0.3, -0.25) is 9.48 Å². The molecule has 31 heavy (non-hydrogen) atoms. The first-order chi connectivity index (χ1) is 15.0. The van der Waals surface area contributed by atoms with E-state index in [2.05, 4.69) is 15.5 Å². The lowest BCUT2D eigenvalue weighted by atomic mass is 10.2. The lowest BCUT2D eigenvalue weighted by Crippen LogP contribution is -2.15. The normalized spacial score (nSPS) is 10.8. The number of benzene rings is 2. The van der Waals surface area contributed by atoms with E-state index in [9.17, 15) is 4.79 Å². The predicted octanol–water partition coefficient (Wildman–Crippen LogP) is 5.38. The number of nitrogens with zero attached hydrogens (tertiary/aromatic N) is 4. The van der Waals surface area contributed by atoms with Crippen molar-refractivity contribution in [1.29, 1.82) is 0 Å². The fourth-order valence-corrected chi connectivity index (χ4v) is 3.27. The molecule has 4 rings (SSSR count). The summed E-state index contributed by atoms with van der Waals surface area (Å²) in [6, 6.07) is 16.0. The number of anilines is 1. The molecule has 158 valence electrons. The first-order valence-electron chi connectivity index (χ1n) is 9.17. The van der Waals surface area contributed by atoms with E-state index in [1.807, 2.05) is 12.1 Å². The van der Waals surface area contributed by atoms with Crippen molar-refractivity contribution in [2.75, 3.05) is 5.32 Å². The summed E-state index contributed by atoms with van der Waals surface area (Å²) in [5.41, 5.74) is 1.21. The summed E-state index contributed by atoms with van der Waals surface area (Å²) >= 11 is 18.1. The SMILES string of the molecule is O=C(Nc1nn(Cc2ccc(Cl)cc2)cc1Cl)c1ccn(COc2cccc(Cl)c2)n1. The number of nitrogens with one attached hydrogen (secondary N) is 1. The lowest BCUT2D eigenvalue weighted by Gasteiger charge is -2.06. The van der Waals surface area contributed by atoms with Crippen LogP contribution in [0, 0.1) is 0 Å². The number of carbonyl (C=O) groups excluding carboxylic acids is 1. The van der Waals surface area contributed by atoms with Gasteiger partial charge in [-0.25, -0.2) is 4.68 Å². The summed E-state index contributed by atoms with van der Waals surface area (Å²) in [5, 5.41) is 12.8. The Balaban J connectivity index is 1.37. The van der Waals surface area contributed by atoms with Gasteiger partial charge in [0.25, 0.3) is 5.91 Å². The number of ether oxygens (including phenoxy) is 1. The minimum atomic E-state index is -0.430. The second-order valence-electron chi connectivity index (χ2n) is 6.58. The largest absolute Gasteiger partial charge is 0.471 e. The van der Waals surface area contributed by atoms with Crippen molar-refractivity contribution in [3.63, 3.8) is 0 Å². The zero-order valence-electron chi connectivity index (χ0n) is 16.0. The van der Waals surface area contributed by atoms with E-state index in [1.54, 1.807) is 59.5 Å². The Hall–Kier alpha value is -3.00. The van der Waals surface area contributed by atoms with Crippen LogP contribution >= 0.6 is 34.8 Å². The summed E-state index contributed by atoms with van der Waals surface area (Å²) < 4.78 is 8.74. The quantitative estimate of drug-likeness (QED) is 0.389. The lowest BCUT2D eigenvalue weighted by molar-refractivity contribution is 0.101. The van der Waals surface area contributed by atoms with Gasteiger partial charge in [0.15, 0.2) is 18.2 Å². The van der Waals surface area contributed by atoms with Gasteiger partial charge in [0.1, 0.15) is 10.8 Å². The van der Waals surface area contributed by atoms with Gasteiger partial charge >= 0.3 is 0 Å². The van der Waals surface area contributed by atoms with E-state index in [4.69, 9.17) is 39.5 Å². The molecule has 2 aromatic carbocycles. The Kier molecular flexibility index (Phi) is 6.46. The van der Waals surface area contributed by atoms with Crippen LogP contribution in [0.5, 0.6) is 5.75 Å². The molecule has 10 heteroatoms. The van der Waals surface area contributed by atoms with Crippen LogP contribution in [0.2, 0.25) is 15.1 Å². The van der Waals surface area contributed by atoms with Crippen LogP contribution < -0.4 is 10.1 Å². The third-order valence-electron chi connectivity index (χ3n) is 4.24. The van der Waals surface area contributed by atoms with E-state index < -0.39 is 5.91 Å². The van der Waals surface area contributed by atoms with Crippen LogP contribution in [0.4, 0.5) is 5.82 Å². The molecule has 0 spiro atoms. The summed E-state index contributed by atoms with van der Waals surface area (Å²) in [6.45, 7) is 0.617. The Morgan fingerprint density at radius 2 is 1.77 bits per heavy atom. The average Bonchev–Trinajstić information content (AvgIpc) is 3.35. The molecule has 0 atom stereocenters. The van der Waals surface area contributed by atoms with E-state index in [0.29, 0.717) is 27.4 Å². The standard InChI is InChI=1S/C21H16Cl3N5O2/c22-15-6-4-14(5-7-15)11-29-12-18(24)20(27-29)25-21(30)19-8-9-28(26-19)13-31-17-3-1-2-16(23)10-17/h1-10,12H,11,13H2,(H,25,27,30). The second kappa shape index (κ2) is 9.43. The maximum absolute atomic E-state index is 12.5. The van der Waals surface area contributed by atoms with Gasteiger partial charge in [0, 0.05) is 22.4 Å². The highest BCUT2D eigenvalue weighted by Gasteiger charge is 2.15. The topological polar surface area (TPSA) is 74.0 Å². The Morgan fingerprint density at radius 1 is 0.968 bits per heavy atom. The molecule has 0 unspecified atom stereocenters. The maximum Gasteiger partial charge on any atom is 0.277 e. The summed E-state index contributed by atoms with van der Waals surface area (Å²) in [6.07, 6.45) is 3.28. The molecular weight excluding hydrogens is 461 g/mol. The predicted molar refractivity (Wildman–Crippen MR) is 120 cm³/mol. The van der Waals surface area contributed by atoms with Crippen LogP contribution in [0.25, 0.3) is 0 Å². The van der Waals surface area contributed by atoms with Gasteiger partial charge in [-0.2, -0.15) is 10.2 Å². The van der Waals surface area contributed by atoms with Gasteiger partial charge < -0.3 is 10.1 Å². The number of hydrogen-bond acceptors (Lipinski definition) is 4. The molecule has 7 nitrogen and oxygen atoms in total. The molecule has 0 bridgehead atoms. The molecule has 4 aromatic rings. The molecule has 0 fully saturated rings. The fraction of sp³-hybridized carbons (Fsp3) is 0.0952. The highest BCUT2D eigenvalue weighted by Crippen LogP contribution is 2.21. The van der Waals surface area contributed by atoms with Gasteiger partial charge in [-0.05, 0) is 42.0 Å². The summed E-state index contributed by atoms with van der Waals surface area (Å²) in [7, 11) is 0. The monoisotopic (exact) mass is 475 g/mol. The zero-order chi connectivity index (χ0) is 21.8. The molecule has 1 amide bonds. The van der Waals surface area contributed by atoms with Crippen LogP contribution in [-0.4, -0.2) is 25.5 Å². The Morgan fingerprint density at radius 3 is 2.55 bits per heavy atom. The van der Waals surface area contributed by atoms with Crippen molar-refractivity contribution in [3.05, 3.63) is 93.3 Å². The van der Waals surface area contributed by atoms with Gasteiger partial charge in [0.05, 0.1) is 6.54 Å². The van der Waals surface area contributed by atoms with Crippen molar-refractivity contribution < 1.29 is 9.53 Å². The third-order valence-corrected chi connectivity index (χ3v) is 5.00. The Labute approximate surface area is 193 Å². The molecule has 0 aliphatic heterocycles. The van der Waals surface area contributed by atoms with Crippen molar-refractivity contribution in [2.45, 2.75) is 13.3 Å². The molecule has 2 aromatic heterocycles. The van der Waals surface area contributed by atoms with E-state index in [-0.39, 0.29) is 18.2 Å². The molecule has 1 N–H and O–H groups in total. The van der Waals surface area contributed by atoms with E-state index in [0.717, 1.165) is 5.56 Å². The minimum Gasteiger partial charge on any atom is -0.471 e. The molecule has 2 heterocycles. The molecule has 0 aliphatic rings. The second-order valence-corrected chi connectivity index (χ2v) is 7.86. The number of halogens is 3. The first-order valence-corrected chi connectivity index (χ1v) is 10.3. The third kappa shape index (κ3) is 5.58. The minimum absolute atomic E-state index is 0.129. The van der Waals surface area contributed by atoms with E-state index in [1.165, 1.54) is 4.68 Å². The van der Waals surface area contributed by atoms with Crippen LogP contribution in [0.3, 0.4) is 0 Å². The molecular formula is C21H16Cl3N5O2. The zero-order valence-corrected chi connectivity index (χ0v) is 18.3. The summed E-state index contributed by atoms with van der Waals surface area (Å²) in [5.74, 6) is 0.428. The van der Waals surface area contributed by atoms with Crippen molar-refractivity contribution in [2.24, 2.45) is 0 Å². The molecule has 0 radical (unpaired) electrons. The molecule has 0 saturated carbocycles. The van der Waals surface area contributed by atoms with Crippen LogP contribution in [-0.2, 0) is 13.3 Å². The maximum atomic E-state index is 12.5. The smallest absolute Gasteiger partial charge is 0.277 e. The fourth-order valence-electron chi connectivity index (χ4n) is 2.76. The van der Waals surface area contributed by atoms with Crippen molar-refractivity contribution in [1.82, 2.24) is 19.6 Å². The number of carbonyl (C=O) groups is 1. The number of amides is 1. The Bertz CT molecular complexity index is 1200. The van der Waals surface area contributed by atoms with E-state index >= 15 is 0 Å². The van der Waals surface area contributed by atoms with Gasteiger partial charge in [-0.1, -0.05) is 53.0 Å². The molecule has 0 aliphatic carbocycles. The number of hydrogen-bond donors (Lipinski definition) is 1. The van der Waals surface area contributed by atoms with Crippen molar-refractivity contribution in [3.8, 4) is 5.75 Å². The highest BCUT2D eigenvalue weighted by atomic mass is 35.5. The molecule has 0 saturated heterocycles. The highest BCUT2D eigenvalue weighted by molar-refractivity contribution is 6.33. The first kappa shape index (κ1) is 21.2. The van der Waals surface area contributed by atoms with Crippen LogP contribution in [0.15, 0.2) is 67.0 Å². The van der Waals surface area contributed by atoms with Crippen LogP contribution in [0.1, 0.15) is 16.1 Å². The summed E-state index contributed by atoms with van der Waals surface area (Å²) in [4.78, 5) is 12.5.